The maximum Gasteiger partial charge on any atom is 0.350 e. The first-order valence-corrected chi connectivity index (χ1v) is 8.28. The van der Waals surface area contributed by atoms with E-state index in [2.05, 4.69) is 14.4 Å². The molecule has 8 heteroatoms. The fourth-order valence-electron chi connectivity index (χ4n) is 1.68. The molecule has 0 spiro atoms. The summed E-state index contributed by atoms with van der Waals surface area (Å²) >= 11 is 0.942. The van der Waals surface area contributed by atoms with Crippen LogP contribution in [0, 0.1) is 13.8 Å². The smallest absolute Gasteiger partial charge is 0.350 e. The van der Waals surface area contributed by atoms with Gasteiger partial charge in [-0.25, -0.2) is 18.2 Å². The Balaban J connectivity index is 2.31. The molecule has 0 aliphatic rings. The zero-order chi connectivity index (χ0) is 15.6. The SMILES string of the molecule is COC(=O)c1sc(NS(=O)(=O)c2cccc(C)c2)nc1C. The Kier molecular flexibility index (Phi) is 4.29. The second-order valence-electron chi connectivity index (χ2n) is 4.35. The molecule has 0 saturated carbocycles. The minimum atomic E-state index is -3.73. The van der Waals surface area contributed by atoms with Crippen molar-refractivity contribution < 1.29 is 17.9 Å². The van der Waals surface area contributed by atoms with Crippen LogP contribution < -0.4 is 4.72 Å². The average molecular weight is 326 g/mol. The maximum absolute atomic E-state index is 12.3. The van der Waals surface area contributed by atoms with E-state index in [0.717, 1.165) is 16.9 Å². The minimum Gasteiger partial charge on any atom is -0.465 e. The number of sulfonamides is 1. The molecular weight excluding hydrogens is 312 g/mol. The van der Waals surface area contributed by atoms with Crippen LogP contribution in [0.2, 0.25) is 0 Å². The van der Waals surface area contributed by atoms with Gasteiger partial charge in [0.05, 0.1) is 17.7 Å². The number of anilines is 1. The Morgan fingerprint density at radius 1 is 1.33 bits per heavy atom. The highest BCUT2D eigenvalue weighted by Crippen LogP contribution is 2.25. The van der Waals surface area contributed by atoms with E-state index in [-0.39, 0.29) is 14.9 Å². The molecule has 2 rings (SSSR count). The van der Waals surface area contributed by atoms with Crippen LogP contribution in [-0.4, -0.2) is 26.5 Å². The highest BCUT2D eigenvalue weighted by atomic mass is 32.2. The molecule has 0 unspecified atom stereocenters. The summed E-state index contributed by atoms with van der Waals surface area (Å²) < 4.78 is 31.5. The van der Waals surface area contributed by atoms with E-state index in [4.69, 9.17) is 0 Å². The predicted octanol–water partition coefficient (Wildman–Crippen LogP) is 2.35. The van der Waals surface area contributed by atoms with Crippen molar-refractivity contribution in [3.63, 3.8) is 0 Å². The van der Waals surface area contributed by atoms with Crippen LogP contribution in [0.4, 0.5) is 5.13 Å². The van der Waals surface area contributed by atoms with E-state index in [9.17, 15) is 13.2 Å². The normalized spacial score (nSPS) is 11.2. The number of methoxy groups -OCH3 is 1. The number of esters is 1. The number of nitrogens with one attached hydrogen (secondary N) is 1. The number of ether oxygens (including phenoxy) is 1. The largest absolute Gasteiger partial charge is 0.465 e. The van der Waals surface area contributed by atoms with Gasteiger partial charge in [0.2, 0.25) is 0 Å². The van der Waals surface area contributed by atoms with Gasteiger partial charge in [-0.1, -0.05) is 23.5 Å². The second-order valence-corrected chi connectivity index (χ2v) is 7.03. The van der Waals surface area contributed by atoms with Crippen molar-refractivity contribution in [2.45, 2.75) is 18.7 Å². The van der Waals surface area contributed by atoms with Crippen LogP contribution in [0.25, 0.3) is 0 Å². The lowest BCUT2D eigenvalue weighted by Gasteiger charge is -2.05. The molecule has 2 aromatic rings. The molecule has 0 fully saturated rings. The van der Waals surface area contributed by atoms with Crippen molar-refractivity contribution in [1.82, 2.24) is 4.98 Å². The number of aromatic nitrogens is 1. The van der Waals surface area contributed by atoms with Crippen molar-refractivity contribution in [2.24, 2.45) is 0 Å². The number of rotatable bonds is 4. The van der Waals surface area contributed by atoms with Crippen LogP contribution >= 0.6 is 11.3 Å². The minimum absolute atomic E-state index is 0.134. The van der Waals surface area contributed by atoms with Crippen LogP contribution in [0.15, 0.2) is 29.2 Å². The lowest BCUT2D eigenvalue weighted by atomic mass is 10.2. The number of hydrogen-bond acceptors (Lipinski definition) is 6. The topological polar surface area (TPSA) is 85.4 Å². The molecule has 112 valence electrons. The van der Waals surface area contributed by atoms with Gasteiger partial charge in [0.15, 0.2) is 5.13 Å². The second kappa shape index (κ2) is 5.82. The van der Waals surface area contributed by atoms with Gasteiger partial charge >= 0.3 is 5.97 Å². The summed E-state index contributed by atoms with van der Waals surface area (Å²) in [5.41, 5.74) is 1.26. The van der Waals surface area contributed by atoms with Gasteiger partial charge in [0.25, 0.3) is 10.0 Å². The number of carbonyl (C=O) groups is 1. The Morgan fingerprint density at radius 3 is 2.67 bits per heavy atom. The number of thiazole rings is 1. The zero-order valence-corrected chi connectivity index (χ0v) is 13.3. The number of aryl methyl sites for hydroxylation is 2. The van der Waals surface area contributed by atoms with Crippen molar-refractivity contribution in [3.8, 4) is 0 Å². The Bertz CT molecular complexity index is 781. The van der Waals surface area contributed by atoms with E-state index in [0.29, 0.717) is 5.69 Å². The molecule has 6 nitrogen and oxygen atoms in total. The molecule has 0 atom stereocenters. The first-order chi connectivity index (χ1) is 9.83. The molecule has 1 aromatic carbocycles. The molecule has 0 aliphatic heterocycles. The first-order valence-electron chi connectivity index (χ1n) is 5.98. The summed E-state index contributed by atoms with van der Waals surface area (Å²) in [5.74, 6) is -0.536. The highest BCUT2D eigenvalue weighted by molar-refractivity contribution is 7.93. The van der Waals surface area contributed by atoms with Gasteiger partial charge in [-0.15, -0.1) is 0 Å². The van der Waals surface area contributed by atoms with Crippen LogP contribution in [0.1, 0.15) is 20.9 Å². The average Bonchev–Trinajstić information content (AvgIpc) is 2.78. The third-order valence-electron chi connectivity index (χ3n) is 2.69. The molecule has 0 aliphatic carbocycles. The molecule has 0 amide bonds. The van der Waals surface area contributed by atoms with Gasteiger partial charge in [0.1, 0.15) is 4.88 Å². The van der Waals surface area contributed by atoms with Gasteiger partial charge in [0, 0.05) is 0 Å². The third-order valence-corrected chi connectivity index (χ3v) is 5.21. The van der Waals surface area contributed by atoms with E-state index < -0.39 is 16.0 Å². The highest BCUT2D eigenvalue weighted by Gasteiger charge is 2.20. The summed E-state index contributed by atoms with van der Waals surface area (Å²) in [5, 5.41) is 0.134. The van der Waals surface area contributed by atoms with E-state index in [1.807, 2.05) is 13.0 Å². The summed E-state index contributed by atoms with van der Waals surface area (Å²) in [6.45, 7) is 3.43. The lowest BCUT2D eigenvalue weighted by Crippen LogP contribution is -2.12. The third kappa shape index (κ3) is 3.40. The Morgan fingerprint density at radius 2 is 2.05 bits per heavy atom. The van der Waals surface area contributed by atoms with E-state index in [1.54, 1.807) is 19.1 Å². The zero-order valence-electron chi connectivity index (χ0n) is 11.7. The van der Waals surface area contributed by atoms with E-state index in [1.165, 1.54) is 13.2 Å². The number of benzene rings is 1. The lowest BCUT2D eigenvalue weighted by molar-refractivity contribution is 0.0605. The fraction of sp³-hybridized carbons (Fsp3) is 0.231. The van der Waals surface area contributed by atoms with Crippen molar-refractivity contribution >= 4 is 32.5 Å². The maximum atomic E-state index is 12.3. The quantitative estimate of drug-likeness (QED) is 0.872. The van der Waals surface area contributed by atoms with Gasteiger partial charge < -0.3 is 4.74 Å². The molecular formula is C13H14N2O4S2. The summed E-state index contributed by atoms with van der Waals surface area (Å²) in [6.07, 6.45) is 0. The Hall–Kier alpha value is -1.93. The van der Waals surface area contributed by atoms with Gasteiger partial charge in [-0.3, -0.25) is 4.72 Å². The fourth-order valence-corrected chi connectivity index (χ4v) is 3.90. The van der Waals surface area contributed by atoms with Crippen LogP contribution in [0.3, 0.4) is 0 Å². The van der Waals surface area contributed by atoms with Gasteiger partial charge in [-0.05, 0) is 31.5 Å². The van der Waals surface area contributed by atoms with Crippen LogP contribution in [0.5, 0.6) is 0 Å². The molecule has 0 radical (unpaired) electrons. The number of hydrogen-bond donors (Lipinski definition) is 1. The molecule has 0 saturated heterocycles. The first kappa shape index (κ1) is 15.5. The van der Waals surface area contributed by atoms with Crippen molar-refractivity contribution in [1.29, 1.82) is 0 Å². The molecule has 1 heterocycles. The van der Waals surface area contributed by atoms with Crippen molar-refractivity contribution in [3.05, 3.63) is 40.4 Å². The Labute approximate surface area is 126 Å². The van der Waals surface area contributed by atoms with Crippen LogP contribution in [-0.2, 0) is 14.8 Å². The monoisotopic (exact) mass is 326 g/mol. The molecule has 1 aromatic heterocycles. The van der Waals surface area contributed by atoms with Gasteiger partial charge in [-0.2, -0.15) is 0 Å². The van der Waals surface area contributed by atoms with E-state index >= 15 is 0 Å². The standard InChI is InChI=1S/C13H14N2O4S2/c1-8-5-4-6-10(7-8)21(17,18)15-13-14-9(2)11(20-13)12(16)19-3/h4-7H,1-3H3,(H,14,15). The predicted molar refractivity (Wildman–Crippen MR) is 80.2 cm³/mol. The summed E-state index contributed by atoms with van der Waals surface area (Å²) in [7, 11) is -2.46. The summed E-state index contributed by atoms with van der Waals surface area (Å²) in [6, 6.07) is 6.53. The van der Waals surface area contributed by atoms with Crippen molar-refractivity contribution in [2.75, 3.05) is 11.8 Å². The summed E-state index contributed by atoms with van der Waals surface area (Å²) in [4.78, 5) is 16.0. The number of nitrogens with zero attached hydrogens (tertiary/aromatic N) is 1. The molecule has 1 N–H and O–H groups in total. The molecule has 0 bridgehead atoms. The molecule has 21 heavy (non-hydrogen) atoms. The number of carbonyl (C=O) groups excluding carboxylic acids is 1.